The van der Waals surface area contributed by atoms with Gasteiger partial charge in [0.05, 0.1) is 22.6 Å². The minimum atomic E-state index is -4.77. The molecule has 1 aromatic heterocycles. The molecule has 0 spiro atoms. The van der Waals surface area contributed by atoms with Crippen LogP contribution in [0.25, 0.3) is 5.69 Å². The van der Waals surface area contributed by atoms with E-state index in [1.54, 1.807) is 10.7 Å². The standard InChI is InChI=1S/C25H31F3N4O2/c1-16-5-4-12-31(16)19-10-13-30(14-11-19)24(33)22-17(2)29-32(23(22)18-8-9-18)20-6-3-7-21(15-20)34-25(26,27)28/h3,6-7,15-16,18-19H,4-5,8-14H2,1-2H3/t16-/m0/s1. The average molecular weight is 477 g/mol. The molecule has 0 bridgehead atoms. The van der Waals surface area contributed by atoms with E-state index >= 15 is 0 Å². The third-order valence-electron chi connectivity index (χ3n) is 7.39. The highest BCUT2D eigenvalue weighted by molar-refractivity contribution is 5.97. The van der Waals surface area contributed by atoms with Gasteiger partial charge in [-0.1, -0.05) is 6.07 Å². The van der Waals surface area contributed by atoms with Gasteiger partial charge in [0, 0.05) is 37.2 Å². The maximum Gasteiger partial charge on any atom is 0.573 e. The topological polar surface area (TPSA) is 50.6 Å². The van der Waals surface area contributed by atoms with Gasteiger partial charge in [-0.25, -0.2) is 4.68 Å². The molecule has 1 atom stereocenters. The van der Waals surface area contributed by atoms with Gasteiger partial charge in [-0.3, -0.25) is 9.69 Å². The number of hydrogen-bond acceptors (Lipinski definition) is 4. The Hall–Kier alpha value is -2.55. The van der Waals surface area contributed by atoms with Crippen molar-refractivity contribution >= 4 is 5.91 Å². The molecule has 6 nitrogen and oxygen atoms in total. The number of benzene rings is 1. The Balaban J connectivity index is 1.38. The summed E-state index contributed by atoms with van der Waals surface area (Å²) in [6.07, 6.45) is 1.56. The molecule has 3 heterocycles. The molecule has 1 aromatic carbocycles. The molecule has 0 radical (unpaired) electrons. The summed E-state index contributed by atoms with van der Waals surface area (Å²) in [6.45, 7) is 6.69. The number of piperidine rings is 1. The zero-order valence-electron chi connectivity index (χ0n) is 19.6. The highest BCUT2D eigenvalue weighted by Crippen LogP contribution is 2.44. The van der Waals surface area contributed by atoms with Crippen LogP contribution in [0.4, 0.5) is 13.2 Å². The van der Waals surface area contributed by atoms with E-state index in [1.807, 2.05) is 11.8 Å². The van der Waals surface area contributed by atoms with Crippen molar-refractivity contribution in [2.24, 2.45) is 0 Å². The van der Waals surface area contributed by atoms with E-state index in [2.05, 4.69) is 21.7 Å². The molecule has 1 amide bonds. The second-order valence-electron chi connectivity index (χ2n) is 9.83. The SMILES string of the molecule is Cc1nn(-c2cccc(OC(F)(F)F)c2)c(C2CC2)c1C(=O)N1CCC(N2CCC[C@@H]2C)CC1. The molecule has 2 aliphatic heterocycles. The fraction of sp³-hybridized carbons (Fsp3) is 0.600. The van der Waals surface area contributed by atoms with Gasteiger partial charge in [0.1, 0.15) is 5.75 Å². The predicted octanol–water partition coefficient (Wildman–Crippen LogP) is 5.05. The largest absolute Gasteiger partial charge is 0.573 e. The van der Waals surface area contributed by atoms with Crippen molar-refractivity contribution in [2.75, 3.05) is 19.6 Å². The number of halogens is 3. The highest BCUT2D eigenvalue weighted by atomic mass is 19.4. The van der Waals surface area contributed by atoms with Crippen LogP contribution in [0.15, 0.2) is 24.3 Å². The van der Waals surface area contributed by atoms with Crippen LogP contribution in [-0.4, -0.2) is 63.6 Å². The van der Waals surface area contributed by atoms with Crippen LogP contribution in [0.2, 0.25) is 0 Å². The van der Waals surface area contributed by atoms with Crippen molar-refractivity contribution in [1.29, 1.82) is 0 Å². The second kappa shape index (κ2) is 8.91. The Morgan fingerprint density at radius 2 is 1.82 bits per heavy atom. The van der Waals surface area contributed by atoms with Gasteiger partial charge in [-0.05, 0) is 71.0 Å². The first-order valence-electron chi connectivity index (χ1n) is 12.2. The van der Waals surface area contributed by atoms with Gasteiger partial charge >= 0.3 is 6.36 Å². The summed E-state index contributed by atoms with van der Waals surface area (Å²) in [5.41, 5.74) is 2.50. The first-order valence-corrected chi connectivity index (χ1v) is 12.2. The van der Waals surface area contributed by atoms with Crippen molar-refractivity contribution in [3.63, 3.8) is 0 Å². The summed E-state index contributed by atoms with van der Waals surface area (Å²) in [5, 5.41) is 4.61. The molecule has 0 unspecified atom stereocenters. The van der Waals surface area contributed by atoms with E-state index in [-0.39, 0.29) is 17.6 Å². The van der Waals surface area contributed by atoms with Crippen molar-refractivity contribution < 1.29 is 22.7 Å². The summed E-state index contributed by atoms with van der Waals surface area (Å²) < 4.78 is 43.9. The first kappa shape index (κ1) is 23.2. The van der Waals surface area contributed by atoms with E-state index in [1.165, 1.54) is 31.0 Å². The molecule has 3 fully saturated rings. The van der Waals surface area contributed by atoms with E-state index in [4.69, 9.17) is 0 Å². The molecule has 1 saturated carbocycles. The van der Waals surface area contributed by atoms with Crippen molar-refractivity contribution in [2.45, 2.75) is 76.7 Å². The number of aromatic nitrogens is 2. The maximum absolute atomic E-state index is 13.7. The van der Waals surface area contributed by atoms with Crippen molar-refractivity contribution in [1.82, 2.24) is 19.6 Å². The third-order valence-corrected chi connectivity index (χ3v) is 7.39. The van der Waals surface area contributed by atoms with Gasteiger partial charge in [-0.15, -0.1) is 13.2 Å². The lowest BCUT2D eigenvalue weighted by Gasteiger charge is -2.38. The van der Waals surface area contributed by atoms with Crippen LogP contribution in [-0.2, 0) is 0 Å². The maximum atomic E-state index is 13.7. The van der Waals surface area contributed by atoms with Gasteiger partial charge < -0.3 is 9.64 Å². The Morgan fingerprint density at radius 3 is 2.44 bits per heavy atom. The number of nitrogens with zero attached hydrogens (tertiary/aromatic N) is 4. The summed E-state index contributed by atoms with van der Waals surface area (Å²) in [4.78, 5) is 18.2. The molecule has 9 heteroatoms. The zero-order valence-corrected chi connectivity index (χ0v) is 19.6. The normalized spacial score (nSPS) is 22.4. The number of carbonyl (C=O) groups is 1. The van der Waals surface area contributed by atoms with E-state index in [9.17, 15) is 18.0 Å². The van der Waals surface area contributed by atoms with Gasteiger partial charge in [0.25, 0.3) is 5.91 Å². The second-order valence-corrected chi connectivity index (χ2v) is 9.83. The number of ether oxygens (including phenoxy) is 1. The van der Waals surface area contributed by atoms with E-state index in [0.717, 1.165) is 51.0 Å². The number of alkyl halides is 3. The highest BCUT2D eigenvalue weighted by Gasteiger charge is 2.38. The number of likely N-dealkylation sites (tertiary alicyclic amines) is 2. The summed E-state index contributed by atoms with van der Waals surface area (Å²) in [7, 11) is 0. The van der Waals surface area contributed by atoms with Crippen LogP contribution in [0.3, 0.4) is 0 Å². The van der Waals surface area contributed by atoms with Crippen LogP contribution in [0.1, 0.15) is 73.1 Å². The lowest BCUT2D eigenvalue weighted by atomic mass is 10.0. The predicted molar refractivity (Wildman–Crippen MR) is 121 cm³/mol. The van der Waals surface area contributed by atoms with Gasteiger partial charge in [0.2, 0.25) is 0 Å². The Morgan fingerprint density at radius 1 is 1.09 bits per heavy atom. The quantitative estimate of drug-likeness (QED) is 0.606. The molecule has 184 valence electrons. The third kappa shape index (κ3) is 4.67. The zero-order chi connectivity index (χ0) is 24.0. The minimum absolute atomic E-state index is 0.0127. The number of hydrogen-bond donors (Lipinski definition) is 0. The molecule has 34 heavy (non-hydrogen) atoms. The molecule has 1 aliphatic carbocycles. The van der Waals surface area contributed by atoms with Crippen LogP contribution in [0, 0.1) is 6.92 Å². The molecule has 0 N–H and O–H groups in total. The molecular weight excluding hydrogens is 445 g/mol. The fourth-order valence-corrected chi connectivity index (χ4v) is 5.61. The number of amides is 1. The van der Waals surface area contributed by atoms with Crippen molar-refractivity contribution in [3.8, 4) is 11.4 Å². The van der Waals surface area contributed by atoms with Crippen LogP contribution in [0.5, 0.6) is 5.75 Å². The molecule has 3 aliphatic rings. The monoisotopic (exact) mass is 476 g/mol. The average Bonchev–Trinajstić information content (AvgIpc) is 3.45. The first-order chi connectivity index (χ1) is 16.2. The summed E-state index contributed by atoms with van der Waals surface area (Å²) in [6, 6.07) is 6.94. The Kier molecular flexibility index (Phi) is 6.08. The van der Waals surface area contributed by atoms with E-state index < -0.39 is 6.36 Å². The smallest absolute Gasteiger partial charge is 0.406 e. The number of rotatable bonds is 5. The lowest BCUT2D eigenvalue weighted by molar-refractivity contribution is -0.274. The van der Waals surface area contributed by atoms with Crippen LogP contribution >= 0.6 is 0 Å². The van der Waals surface area contributed by atoms with Gasteiger partial charge in [-0.2, -0.15) is 5.10 Å². The summed E-state index contributed by atoms with van der Waals surface area (Å²) >= 11 is 0. The molecule has 2 aromatic rings. The van der Waals surface area contributed by atoms with Gasteiger partial charge in [0.15, 0.2) is 0 Å². The molecular formula is C25H31F3N4O2. The lowest BCUT2D eigenvalue weighted by Crippen LogP contribution is -2.47. The number of carbonyl (C=O) groups excluding carboxylic acids is 1. The van der Waals surface area contributed by atoms with Crippen molar-refractivity contribution in [3.05, 3.63) is 41.2 Å². The minimum Gasteiger partial charge on any atom is -0.406 e. The van der Waals surface area contributed by atoms with E-state index in [0.29, 0.717) is 29.0 Å². The Labute approximate surface area is 197 Å². The Bertz CT molecular complexity index is 1050. The molecule has 2 saturated heterocycles. The van der Waals surface area contributed by atoms with Crippen LogP contribution < -0.4 is 4.74 Å². The molecule has 5 rings (SSSR count). The fourth-order valence-electron chi connectivity index (χ4n) is 5.61. The number of aryl methyl sites for hydroxylation is 1. The summed E-state index contributed by atoms with van der Waals surface area (Å²) in [5.74, 6) is -0.123.